The first-order valence-electron chi connectivity index (χ1n) is 7.54. The number of halogens is 1. The van der Waals surface area contributed by atoms with Crippen LogP contribution in [0.2, 0.25) is 0 Å². The second-order valence-corrected chi connectivity index (χ2v) is 6.66. The fourth-order valence-electron chi connectivity index (χ4n) is 2.62. The van der Waals surface area contributed by atoms with E-state index < -0.39 is 0 Å². The number of hydrogen-bond donors (Lipinski definition) is 0. The zero-order valence-electron chi connectivity index (χ0n) is 13.7. The Balaban J connectivity index is 1.83. The van der Waals surface area contributed by atoms with Crippen molar-refractivity contribution in [3.63, 3.8) is 0 Å². The molecule has 0 fully saturated rings. The van der Waals surface area contributed by atoms with E-state index in [1.165, 1.54) is 17.4 Å². The largest absolute Gasteiger partial charge is 0.289 e. The molecule has 5 heteroatoms. The molecular formula is C19H17FN2OS. The lowest BCUT2D eigenvalue weighted by Gasteiger charge is -1.98. The van der Waals surface area contributed by atoms with Crippen LogP contribution in [-0.4, -0.2) is 15.6 Å². The minimum Gasteiger partial charge on any atom is -0.289 e. The standard InChI is InChI=1S/C19H17FN2OS/c1-12-19(13(2)22(3)21-12)17(23)10-8-14-9-11-18(24-14)15-6-4-5-7-16(15)20/h4-11H,1-3H3/b10-8+. The summed E-state index contributed by atoms with van der Waals surface area (Å²) in [5.74, 6) is -0.313. The van der Waals surface area contributed by atoms with E-state index in [-0.39, 0.29) is 11.6 Å². The summed E-state index contributed by atoms with van der Waals surface area (Å²) in [5, 5.41) is 4.26. The lowest BCUT2D eigenvalue weighted by molar-refractivity contribution is 0.104. The maximum atomic E-state index is 13.8. The van der Waals surface area contributed by atoms with Crippen molar-refractivity contribution < 1.29 is 9.18 Å². The number of thiophene rings is 1. The smallest absolute Gasteiger partial charge is 0.189 e. The van der Waals surface area contributed by atoms with Crippen molar-refractivity contribution in [1.29, 1.82) is 0 Å². The van der Waals surface area contributed by atoms with E-state index in [1.807, 2.05) is 39.1 Å². The number of rotatable bonds is 4. The molecule has 0 N–H and O–H groups in total. The molecule has 0 aliphatic carbocycles. The van der Waals surface area contributed by atoms with Gasteiger partial charge in [0.1, 0.15) is 5.82 Å². The molecule has 0 saturated carbocycles. The number of aromatic nitrogens is 2. The molecule has 0 bridgehead atoms. The second kappa shape index (κ2) is 6.53. The molecule has 122 valence electrons. The summed E-state index contributed by atoms with van der Waals surface area (Å²) >= 11 is 1.45. The first-order chi connectivity index (χ1) is 11.5. The summed E-state index contributed by atoms with van der Waals surface area (Å²) in [6, 6.07) is 10.4. The second-order valence-electron chi connectivity index (χ2n) is 5.55. The normalized spacial score (nSPS) is 11.3. The number of ketones is 1. The highest BCUT2D eigenvalue weighted by atomic mass is 32.1. The van der Waals surface area contributed by atoms with Crippen LogP contribution in [0.3, 0.4) is 0 Å². The maximum Gasteiger partial charge on any atom is 0.189 e. The van der Waals surface area contributed by atoms with E-state index in [9.17, 15) is 9.18 Å². The average Bonchev–Trinajstić information content (AvgIpc) is 3.11. The summed E-state index contributed by atoms with van der Waals surface area (Å²) in [6.45, 7) is 3.71. The molecule has 0 atom stereocenters. The van der Waals surface area contributed by atoms with E-state index in [0.717, 1.165) is 21.1 Å². The molecule has 2 heterocycles. The van der Waals surface area contributed by atoms with Crippen molar-refractivity contribution in [2.75, 3.05) is 0 Å². The molecule has 0 aliphatic rings. The molecule has 24 heavy (non-hydrogen) atoms. The third kappa shape index (κ3) is 3.08. The van der Waals surface area contributed by atoms with Crippen LogP contribution in [0.25, 0.3) is 16.5 Å². The Morgan fingerprint density at radius 1 is 1.21 bits per heavy atom. The van der Waals surface area contributed by atoms with Gasteiger partial charge in [-0.15, -0.1) is 11.3 Å². The SMILES string of the molecule is Cc1nn(C)c(C)c1C(=O)/C=C/c1ccc(-c2ccccc2F)s1. The van der Waals surface area contributed by atoms with Gasteiger partial charge >= 0.3 is 0 Å². The van der Waals surface area contributed by atoms with Crippen molar-refractivity contribution in [3.05, 3.63) is 70.1 Å². The van der Waals surface area contributed by atoms with Gasteiger partial charge in [0.2, 0.25) is 0 Å². The first-order valence-corrected chi connectivity index (χ1v) is 8.36. The van der Waals surface area contributed by atoms with Gasteiger partial charge in [0.25, 0.3) is 0 Å². The lowest BCUT2D eigenvalue weighted by Crippen LogP contribution is -1.99. The van der Waals surface area contributed by atoms with Crippen molar-refractivity contribution in [3.8, 4) is 10.4 Å². The number of benzene rings is 1. The molecule has 3 nitrogen and oxygen atoms in total. The van der Waals surface area contributed by atoms with Crippen LogP contribution in [0.1, 0.15) is 26.6 Å². The van der Waals surface area contributed by atoms with Gasteiger partial charge in [-0.05, 0) is 44.2 Å². The summed E-state index contributed by atoms with van der Waals surface area (Å²) in [6.07, 6.45) is 3.32. The van der Waals surface area contributed by atoms with E-state index in [2.05, 4.69) is 5.10 Å². The molecule has 0 saturated heterocycles. The van der Waals surface area contributed by atoms with Crippen LogP contribution in [0.5, 0.6) is 0 Å². The molecule has 0 radical (unpaired) electrons. The zero-order valence-corrected chi connectivity index (χ0v) is 14.5. The Labute approximate surface area is 144 Å². The minimum absolute atomic E-state index is 0.0704. The predicted molar refractivity (Wildman–Crippen MR) is 95.8 cm³/mol. The van der Waals surface area contributed by atoms with E-state index >= 15 is 0 Å². The third-order valence-electron chi connectivity index (χ3n) is 3.92. The highest BCUT2D eigenvalue weighted by Crippen LogP contribution is 2.30. The number of carbonyl (C=O) groups is 1. The Morgan fingerprint density at radius 3 is 2.62 bits per heavy atom. The highest BCUT2D eigenvalue weighted by molar-refractivity contribution is 7.16. The minimum atomic E-state index is -0.243. The van der Waals surface area contributed by atoms with Gasteiger partial charge in [-0.3, -0.25) is 9.48 Å². The zero-order chi connectivity index (χ0) is 17.3. The summed E-state index contributed by atoms with van der Waals surface area (Å²) in [7, 11) is 1.82. The topological polar surface area (TPSA) is 34.9 Å². The predicted octanol–water partition coefficient (Wildman–Crippen LogP) is 4.80. The number of nitrogens with zero attached hydrogens (tertiary/aromatic N) is 2. The van der Waals surface area contributed by atoms with Crippen molar-refractivity contribution in [2.24, 2.45) is 7.05 Å². The number of carbonyl (C=O) groups excluding carboxylic acids is 1. The molecule has 0 aliphatic heterocycles. The van der Waals surface area contributed by atoms with Gasteiger partial charge in [0.15, 0.2) is 5.78 Å². The third-order valence-corrected chi connectivity index (χ3v) is 5.00. The van der Waals surface area contributed by atoms with Crippen molar-refractivity contribution in [1.82, 2.24) is 9.78 Å². The van der Waals surface area contributed by atoms with E-state index in [1.54, 1.807) is 29.0 Å². The highest BCUT2D eigenvalue weighted by Gasteiger charge is 2.15. The van der Waals surface area contributed by atoms with Crippen LogP contribution < -0.4 is 0 Å². The van der Waals surface area contributed by atoms with Crippen LogP contribution in [0, 0.1) is 19.7 Å². The van der Waals surface area contributed by atoms with Gasteiger partial charge in [-0.2, -0.15) is 5.10 Å². The first kappa shape index (κ1) is 16.3. The fraction of sp³-hybridized carbons (Fsp3) is 0.158. The monoisotopic (exact) mass is 340 g/mol. The molecule has 0 amide bonds. The van der Waals surface area contributed by atoms with Gasteiger partial charge in [0, 0.05) is 28.1 Å². The van der Waals surface area contributed by atoms with Crippen LogP contribution >= 0.6 is 11.3 Å². The Morgan fingerprint density at radius 2 is 1.96 bits per heavy atom. The Bertz CT molecular complexity index is 937. The fourth-order valence-corrected chi connectivity index (χ4v) is 3.56. The Hall–Kier alpha value is -2.53. The molecule has 3 aromatic rings. The average molecular weight is 340 g/mol. The molecule has 2 aromatic heterocycles. The quantitative estimate of drug-likeness (QED) is 0.505. The lowest BCUT2D eigenvalue weighted by atomic mass is 10.1. The van der Waals surface area contributed by atoms with Gasteiger partial charge in [-0.25, -0.2) is 4.39 Å². The molecule has 3 rings (SSSR count). The number of aryl methyl sites for hydroxylation is 2. The van der Waals surface area contributed by atoms with Gasteiger partial charge < -0.3 is 0 Å². The van der Waals surface area contributed by atoms with E-state index in [4.69, 9.17) is 0 Å². The number of allylic oxidation sites excluding steroid dienone is 1. The molecule has 0 spiro atoms. The maximum absolute atomic E-state index is 13.8. The summed E-state index contributed by atoms with van der Waals surface area (Å²) in [4.78, 5) is 14.2. The molecular weight excluding hydrogens is 323 g/mol. The number of hydrogen-bond acceptors (Lipinski definition) is 3. The van der Waals surface area contributed by atoms with Gasteiger partial charge in [0.05, 0.1) is 11.3 Å². The summed E-state index contributed by atoms with van der Waals surface area (Å²) in [5.41, 5.74) is 2.79. The summed E-state index contributed by atoms with van der Waals surface area (Å²) < 4.78 is 15.5. The van der Waals surface area contributed by atoms with E-state index in [0.29, 0.717) is 11.1 Å². The van der Waals surface area contributed by atoms with Crippen LogP contribution in [0.15, 0.2) is 42.5 Å². The van der Waals surface area contributed by atoms with Crippen molar-refractivity contribution >= 4 is 23.2 Å². The van der Waals surface area contributed by atoms with Crippen LogP contribution in [-0.2, 0) is 7.05 Å². The van der Waals surface area contributed by atoms with Crippen LogP contribution in [0.4, 0.5) is 4.39 Å². The molecule has 0 unspecified atom stereocenters. The molecule has 1 aromatic carbocycles. The Kier molecular flexibility index (Phi) is 4.44. The van der Waals surface area contributed by atoms with Gasteiger partial charge in [-0.1, -0.05) is 18.2 Å². The van der Waals surface area contributed by atoms with Crippen molar-refractivity contribution in [2.45, 2.75) is 13.8 Å².